The quantitative estimate of drug-likeness (QED) is 0.435. The molecule has 1 aliphatic heterocycles. The topological polar surface area (TPSA) is 134 Å². The number of aliphatic hydroxyl groups is 3. The minimum absolute atomic E-state index is 0.0759. The highest BCUT2D eigenvalue weighted by atomic mass is 35.5. The Labute approximate surface area is 182 Å². The molecule has 3 heterocycles. The summed E-state index contributed by atoms with van der Waals surface area (Å²) < 4.78 is 20.3. The highest BCUT2D eigenvalue weighted by molar-refractivity contribution is 7.99. The van der Waals surface area contributed by atoms with Crippen molar-refractivity contribution >= 4 is 34.7 Å². The van der Waals surface area contributed by atoms with Crippen LogP contribution in [-0.4, -0.2) is 70.8 Å². The molecule has 13 heteroatoms. The van der Waals surface area contributed by atoms with E-state index in [1.54, 1.807) is 5.38 Å². The second-order valence-corrected chi connectivity index (χ2v) is 8.91. The van der Waals surface area contributed by atoms with Gasteiger partial charge in [0.05, 0.1) is 17.8 Å². The number of aromatic hydroxyl groups is 1. The maximum atomic E-state index is 13.4. The minimum atomic E-state index is -1.28. The number of nitrogens with zero attached hydrogens (tertiary/aromatic N) is 4. The maximum Gasteiger partial charge on any atom is 0.271 e. The predicted molar refractivity (Wildman–Crippen MR) is 107 cm³/mol. The molecule has 1 fully saturated rings. The summed E-state index contributed by atoms with van der Waals surface area (Å²) in [5.41, 5.74) is -0.175. The van der Waals surface area contributed by atoms with E-state index in [0.29, 0.717) is 16.3 Å². The van der Waals surface area contributed by atoms with Gasteiger partial charge in [0.2, 0.25) is 0 Å². The molecule has 30 heavy (non-hydrogen) atoms. The van der Waals surface area contributed by atoms with Gasteiger partial charge in [0, 0.05) is 10.3 Å². The number of thioether (sulfide) groups is 1. The van der Waals surface area contributed by atoms with Crippen molar-refractivity contribution in [3.8, 4) is 16.6 Å². The first-order chi connectivity index (χ1) is 14.4. The summed E-state index contributed by atoms with van der Waals surface area (Å²) >= 11 is 7.92. The van der Waals surface area contributed by atoms with E-state index < -0.39 is 42.2 Å². The lowest BCUT2D eigenvalue weighted by atomic mass is 9.97. The third-order valence-electron chi connectivity index (χ3n) is 4.56. The maximum absolute atomic E-state index is 13.4. The number of aliphatic hydroxyl groups excluding tert-OH is 3. The Bertz CT molecular complexity index is 1040. The van der Waals surface area contributed by atoms with Crippen LogP contribution in [0.3, 0.4) is 0 Å². The zero-order valence-electron chi connectivity index (χ0n) is 15.0. The predicted octanol–water partition coefficient (Wildman–Crippen LogP) is 1.67. The van der Waals surface area contributed by atoms with Crippen LogP contribution in [0.1, 0.15) is 6.04 Å². The fourth-order valence-electron chi connectivity index (χ4n) is 3.08. The lowest BCUT2D eigenvalue weighted by molar-refractivity contribution is -0.178. The van der Waals surface area contributed by atoms with Crippen LogP contribution < -0.4 is 0 Å². The molecule has 1 saturated heterocycles. The SMILES string of the molecule is OCC1O[C@H](Sc2ccc(F)c(Cl)c2)C(O)C(n2cc(-c3csc(O)n3)nn2)[C@H]1O. The van der Waals surface area contributed by atoms with Crippen LogP contribution in [0.4, 0.5) is 4.39 Å². The van der Waals surface area contributed by atoms with Gasteiger partial charge in [0.25, 0.3) is 5.19 Å². The fourth-order valence-corrected chi connectivity index (χ4v) is 4.97. The number of benzene rings is 1. The monoisotopic (exact) mass is 474 g/mol. The summed E-state index contributed by atoms with van der Waals surface area (Å²) in [7, 11) is 0. The number of halogens is 2. The first-order valence-corrected chi connectivity index (χ1v) is 10.8. The number of ether oxygens (including phenoxy) is 1. The second-order valence-electron chi connectivity index (χ2n) is 6.49. The van der Waals surface area contributed by atoms with Crippen molar-refractivity contribution in [3.05, 3.63) is 40.6 Å². The van der Waals surface area contributed by atoms with Crippen LogP contribution in [-0.2, 0) is 4.74 Å². The lowest BCUT2D eigenvalue weighted by Gasteiger charge is -2.41. The van der Waals surface area contributed by atoms with E-state index in [2.05, 4.69) is 15.3 Å². The second kappa shape index (κ2) is 8.75. The van der Waals surface area contributed by atoms with Crippen LogP contribution in [0.25, 0.3) is 11.4 Å². The Morgan fingerprint density at radius 2 is 2.07 bits per heavy atom. The smallest absolute Gasteiger partial charge is 0.271 e. The highest BCUT2D eigenvalue weighted by Crippen LogP contribution is 2.39. The molecule has 0 saturated carbocycles. The van der Waals surface area contributed by atoms with Gasteiger partial charge in [-0.25, -0.2) is 14.1 Å². The zero-order chi connectivity index (χ0) is 21.4. The molecule has 160 valence electrons. The van der Waals surface area contributed by atoms with Crippen molar-refractivity contribution in [3.63, 3.8) is 0 Å². The molecule has 3 aromatic rings. The van der Waals surface area contributed by atoms with E-state index in [1.807, 2.05) is 0 Å². The molecule has 9 nitrogen and oxygen atoms in total. The van der Waals surface area contributed by atoms with Crippen LogP contribution in [0.5, 0.6) is 5.19 Å². The number of thiazole rings is 1. The molecule has 0 spiro atoms. The number of aromatic nitrogens is 4. The third-order valence-corrected chi connectivity index (χ3v) is 6.64. The van der Waals surface area contributed by atoms with E-state index in [9.17, 15) is 24.8 Å². The molecule has 5 atom stereocenters. The summed E-state index contributed by atoms with van der Waals surface area (Å²) in [6.07, 6.45) is -2.06. The largest absolute Gasteiger partial charge is 0.486 e. The van der Waals surface area contributed by atoms with Crippen LogP contribution in [0.15, 0.2) is 34.7 Å². The van der Waals surface area contributed by atoms with Gasteiger partial charge in [-0.15, -0.1) is 5.10 Å². The van der Waals surface area contributed by atoms with Gasteiger partial charge in [-0.2, -0.15) is 0 Å². The first-order valence-electron chi connectivity index (χ1n) is 8.68. The van der Waals surface area contributed by atoms with Crippen molar-refractivity contribution in [1.29, 1.82) is 0 Å². The highest BCUT2D eigenvalue weighted by Gasteiger charge is 2.46. The molecular formula is C17H16ClFN4O5S2. The van der Waals surface area contributed by atoms with Crippen molar-refractivity contribution in [1.82, 2.24) is 20.0 Å². The molecular weight excluding hydrogens is 459 g/mol. The summed E-state index contributed by atoms with van der Waals surface area (Å²) in [6, 6.07) is 3.09. The van der Waals surface area contributed by atoms with Gasteiger partial charge in [-0.3, -0.25) is 0 Å². The van der Waals surface area contributed by atoms with Gasteiger partial charge < -0.3 is 25.2 Å². The molecule has 4 N–H and O–H groups in total. The van der Waals surface area contributed by atoms with Crippen LogP contribution in [0.2, 0.25) is 5.02 Å². The number of rotatable bonds is 5. The summed E-state index contributed by atoms with van der Waals surface area (Å²) in [5, 5.41) is 49.9. The van der Waals surface area contributed by atoms with Gasteiger partial charge in [-0.05, 0) is 18.2 Å². The molecule has 1 aliphatic rings. The Balaban J connectivity index is 1.61. The Morgan fingerprint density at radius 3 is 2.73 bits per heavy atom. The first kappa shape index (κ1) is 21.4. The molecule has 0 radical (unpaired) electrons. The summed E-state index contributed by atoms with van der Waals surface area (Å²) in [4.78, 5) is 4.45. The van der Waals surface area contributed by atoms with Crippen molar-refractivity contribution in [2.24, 2.45) is 0 Å². The third kappa shape index (κ3) is 4.17. The Morgan fingerprint density at radius 1 is 1.27 bits per heavy atom. The van der Waals surface area contributed by atoms with Gasteiger partial charge in [0.15, 0.2) is 0 Å². The number of hydrogen-bond acceptors (Lipinski definition) is 10. The van der Waals surface area contributed by atoms with Crippen LogP contribution in [0, 0.1) is 5.82 Å². The zero-order valence-corrected chi connectivity index (χ0v) is 17.4. The lowest BCUT2D eigenvalue weighted by Crippen LogP contribution is -2.55. The van der Waals surface area contributed by atoms with E-state index >= 15 is 0 Å². The molecule has 0 aliphatic carbocycles. The van der Waals surface area contributed by atoms with Gasteiger partial charge in [-0.1, -0.05) is 39.9 Å². The van der Waals surface area contributed by atoms with E-state index in [-0.39, 0.29) is 10.2 Å². The van der Waals surface area contributed by atoms with Crippen molar-refractivity contribution in [2.45, 2.75) is 34.7 Å². The Hall–Kier alpha value is -1.80. The van der Waals surface area contributed by atoms with Crippen molar-refractivity contribution < 1.29 is 29.6 Å². The van der Waals surface area contributed by atoms with Crippen molar-refractivity contribution in [2.75, 3.05) is 6.61 Å². The molecule has 0 amide bonds. The fraction of sp³-hybridized carbons (Fsp3) is 0.353. The average Bonchev–Trinajstić information content (AvgIpc) is 3.36. The normalized spacial score (nSPS) is 26.8. The van der Waals surface area contributed by atoms with E-state index in [0.717, 1.165) is 23.1 Å². The average molecular weight is 475 g/mol. The van der Waals surface area contributed by atoms with Crippen LogP contribution >= 0.6 is 34.7 Å². The van der Waals surface area contributed by atoms with E-state index in [4.69, 9.17) is 16.3 Å². The minimum Gasteiger partial charge on any atom is -0.486 e. The molecule has 1 aromatic carbocycles. The van der Waals surface area contributed by atoms with Gasteiger partial charge in [0.1, 0.15) is 47.0 Å². The standard InChI is InChI=1S/C17H16ClFN4O5S2/c18-8-3-7(1-2-9(8)19)30-16-15(26)13(14(25)12(5-24)28-16)23-4-10(21-22-23)11-6-29-17(27)20-11/h1-4,6,12-16,24-26H,5H2,(H,20,27)/t12?,13?,14-,15?,16+/m0/s1. The van der Waals surface area contributed by atoms with E-state index in [1.165, 1.54) is 29.1 Å². The molecule has 3 unspecified atom stereocenters. The van der Waals surface area contributed by atoms with Gasteiger partial charge >= 0.3 is 0 Å². The summed E-state index contributed by atoms with van der Waals surface area (Å²) in [5.74, 6) is -0.573. The molecule has 2 aromatic heterocycles. The summed E-state index contributed by atoms with van der Waals surface area (Å²) in [6.45, 7) is -0.493. The molecule has 0 bridgehead atoms. The molecule has 4 rings (SSSR count). The Kier molecular flexibility index (Phi) is 6.25. The number of hydrogen-bond donors (Lipinski definition) is 4.